The number of nitrogens with zero attached hydrogens (tertiary/aromatic N) is 1. The Kier molecular flexibility index (Phi) is 5.21. The molecule has 2 aromatic carbocycles. The molecule has 0 radical (unpaired) electrons. The van der Waals surface area contributed by atoms with Gasteiger partial charge < -0.3 is 10.5 Å². The third-order valence-electron chi connectivity index (χ3n) is 4.05. The van der Waals surface area contributed by atoms with Crippen molar-refractivity contribution in [3.8, 4) is 0 Å². The summed E-state index contributed by atoms with van der Waals surface area (Å²) in [4.78, 5) is 50.5. The number of Topliss-reactive ketones (excluding diaryl/α,β-unsaturated/α-hetero) is 2. The first-order valence-corrected chi connectivity index (χ1v) is 8.46. The number of hydrogen-bond donors (Lipinski definition) is 2. The standard InChI is InChI=1S/C20H17N3O5/c1-2-28-20(27)23(22-19(26)12-8-4-3-5-9-12)16-15(21)17(24)13-10-6-7-11-14(13)18(16)25/h3-11H,2,21H2,1H3,(H,22,26). The van der Waals surface area contributed by atoms with Crippen LogP contribution in [-0.2, 0) is 4.74 Å². The summed E-state index contributed by atoms with van der Waals surface area (Å²) >= 11 is 0. The van der Waals surface area contributed by atoms with Crippen LogP contribution in [0.5, 0.6) is 0 Å². The van der Waals surface area contributed by atoms with Crippen LogP contribution in [0, 0.1) is 0 Å². The molecule has 0 fully saturated rings. The number of carbonyl (C=O) groups excluding carboxylic acids is 4. The molecule has 2 amide bonds. The van der Waals surface area contributed by atoms with E-state index in [0.29, 0.717) is 5.01 Å². The molecular formula is C20H17N3O5. The lowest BCUT2D eigenvalue weighted by molar-refractivity contribution is 0.0695. The minimum atomic E-state index is -1.04. The van der Waals surface area contributed by atoms with Gasteiger partial charge in [0.05, 0.1) is 6.61 Å². The van der Waals surface area contributed by atoms with Crippen LogP contribution >= 0.6 is 0 Å². The van der Waals surface area contributed by atoms with Crippen molar-refractivity contribution in [2.45, 2.75) is 6.92 Å². The fraction of sp³-hybridized carbons (Fsp3) is 0.100. The van der Waals surface area contributed by atoms with Gasteiger partial charge in [0.2, 0.25) is 11.6 Å². The molecule has 0 saturated heterocycles. The van der Waals surface area contributed by atoms with Crippen molar-refractivity contribution in [3.63, 3.8) is 0 Å². The van der Waals surface area contributed by atoms with Crippen LogP contribution < -0.4 is 11.2 Å². The number of amides is 2. The molecule has 1 aliphatic carbocycles. The molecule has 8 heteroatoms. The number of fused-ring (bicyclic) bond motifs is 1. The predicted molar refractivity (Wildman–Crippen MR) is 99.1 cm³/mol. The maximum absolute atomic E-state index is 13.0. The lowest BCUT2D eigenvalue weighted by Gasteiger charge is -2.28. The number of carbonyl (C=O) groups is 4. The first-order valence-electron chi connectivity index (χ1n) is 8.46. The van der Waals surface area contributed by atoms with Gasteiger partial charge >= 0.3 is 6.09 Å². The molecule has 0 aromatic heterocycles. The molecule has 28 heavy (non-hydrogen) atoms. The first kappa shape index (κ1) is 18.8. The molecular weight excluding hydrogens is 362 g/mol. The SMILES string of the molecule is CCOC(=O)N(NC(=O)c1ccccc1)C1=C(N)C(=O)c2ccccc2C1=O. The molecule has 0 aliphatic heterocycles. The van der Waals surface area contributed by atoms with Crippen LogP contribution in [0.2, 0.25) is 0 Å². The Bertz CT molecular complexity index is 998. The molecule has 0 heterocycles. The second kappa shape index (κ2) is 7.75. The van der Waals surface area contributed by atoms with Gasteiger partial charge in [-0.25, -0.2) is 4.79 Å². The lowest BCUT2D eigenvalue weighted by atomic mass is 9.90. The fourth-order valence-electron chi connectivity index (χ4n) is 2.74. The Labute approximate surface area is 160 Å². The van der Waals surface area contributed by atoms with E-state index in [2.05, 4.69) is 5.43 Å². The molecule has 1 aliphatic rings. The average molecular weight is 379 g/mol. The minimum Gasteiger partial charge on any atom is -0.448 e. The van der Waals surface area contributed by atoms with Crippen LogP contribution in [0.1, 0.15) is 38.0 Å². The summed E-state index contributed by atoms with van der Waals surface area (Å²) in [6.07, 6.45) is -1.04. The number of hydrogen-bond acceptors (Lipinski definition) is 6. The van der Waals surface area contributed by atoms with E-state index in [-0.39, 0.29) is 23.3 Å². The van der Waals surface area contributed by atoms with E-state index in [1.807, 2.05) is 0 Å². The van der Waals surface area contributed by atoms with Gasteiger partial charge in [-0.2, -0.15) is 5.01 Å². The fourth-order valence-corrected chi connectivity index (χ4v) is 2.74. The van der Waals surface area contributed by atoms with Gasteiger partial charge in [-0.15, -0.1) is 0 Å². The van der Waals surface area contributed by atoms with E-state index in [4.69, 9.17) is 10.5 Å². The highest BCUT2D eigenvalue weighted by Crippen LogP contribution is 2.26. The molecule has 0 atom stereocenters. The Morgan fingerprint density at radius 1 is 0.964 bits per heavy atom. The van der Waals surface area contributed by atoms with Crippen molar-refractivity contribution >= 4 is 23.6 Å². The largest absolute Gasteiger partial charge is 0.448 e. The molecule has 2 aromatic rings. The predicted octanol–water partition coefficient (Wildman–Crippen LogP) is 2.04. The van der Waals surface area contributed by atoms with Gasteiger partial charge in [0.25, 0.3) is 5.91 Å². The highest BCUT2D eigenvalue weighted by Gasteiger charge is 2.37. The van der Waals surface area contributed by atoms with Gasteiger partial charge in [-0.3, -0.25) is 19.8 Å². The van der Waals surface area contributed by atoms with Crippen LogP contribution in [0.3, 0.4) is 0 Å². The summed E-state index contributed by atoms with van der Waals surface area (Å²) in [5, 5.41) is 0.588. The van der Waals surface area contributed by atoms with Crippen molar-refractivity contribution < 1.29 is 23.9 Å². The maximum atomic E-state index is 13.0. The molecule has 0 unspecified atom stereocenters. The zero-order chi connectivity index (χ0) is 20.3. The minimum absolute atomic E-state index is 0.0115. The third-order valence-corrected chi connectivity index (χ3v) is 4.05. The van der Waals surface area contributed by atoms with E-state index in [1.165, 1.54) is 24.3 Å². The molecule has 8 nitrogen and oxygen atoms in total. The number of rotatable bonds is 3. The van der Waals surface area contributed by atoms with E-state index in [0.717, 1.165) is 0 Å². The van der Waals surface area contributed by atoms with Crippen LogP contribution in [0.25, 0.3) is 0 Å². The molecule has 3 rings (SSSR count). The summed E-state index contributed by atoms with van der Waals surface area (Å²) in [7, 11) is 0. The van der Waals surface area contributed by atoms with Gasteiger partial charge in [0.15, 0.2) is 0 Å². The number of nitrogens with one attached hydrogen (secondary N) is 1. The van der Waals surface area contributed by atoms with Crippen LogP contribution in [-0.4, -0.2) is 35.2 Å². The molecule has 3 N–H and O–H groups in total. The monoisotopic (exact) mass is 379 g/mol. The second-order valence-electron chi connectivity index (χ2n) is 5.81. The highest BCUT2D eigenvalue weighted by molar-refractivity contribution is 6.27. The van der Waals surface area contributed by atoms with E-state index in [1.54, 1.807) is 37.3 Å². The second-order valence-corrected chi connectivity index (χ2v) is 5.81. The maximum Gasteiger partial charge on any atom is 0.433 e. The number of hydrazine groups is 1. The van der Waals surface area contributed by atoms with Gasteiger partial charge in [-0.05, 0) is 19.1 Å². The highest BCUT2D eigenvalue weighted by atomic mass is 16.6. The van der Waals surface area contributed by atoms with E-state index >= 15 is 0 Å². The summed E-state index contributed by atoms with van der Waals surface area (Å²) < 4.78 is 4.93. The Morgan fingerprint density at radius 3 is 2.14 bits per heavy atom. The van der Waals surface area contributed by atoms with Gasteiger partial charge in [0, 0.05) is 16.7 Å². The van der Waals surface area contributed by atoms with Gasteiger partial charge in [-0.1, -0.05) is 42.5 Å². The Hall–Kier alpha value is -3.94. The lowest BCUT2D eigenvalue weighted by Crippen LogP contribution is -2.50. The van der Waals surface area contributed by atoms with E-state index in [9.17, 15) is 19.2 Å². The van der Waals surface area contributed by atoms with Crippen LogP contribution in [0.4, 0.5) is 4.79 Å². The zero-order valence-electron chi connectivity index (χ0n) is 15.0. The van der Waals surface area contributed by atoms with Crippen molar-refractivity contribution in [1.82, 2.24) is 10.4 Å². The molecule has 0 saturated carbocycles. The van der Waals surface area contributed by atoms with Crippen molar-refractivity contribution in [2.24, 2.45) is 5.73 Å². The van der Waals surface area contributed by atoms with Crippen LogP contribution in [0.15, 0.2) is 66.0 Å². The Balaban J connectivity index is 2.04. The topological polar surface area (TPSA) is 119 Å². The smallest absolute Gasteiger partial charge is 0.433 e. The molecule has 0 bridgehead atoms. The Morgan fingerprint density at radius 2 is 1.54 bits per heavy atom. The van der Waals surface area contributed by atoms with E-state index < -0.39 is 35.0 Å². The number of allylic oxidation sites excluding steroid dienone is 2. The summed E-state index contributed by atoms with van der Waals surface area (Å²) in [6, 6.07) is 14.2. The summed E-state index contributed by atoms with van der Waals surface area (Å²) in [5.41, 5.74) is 7.74. The van der Waals surface area contributed by atoms with Crippen molar-refractivity contribution in [2.75, 3.05) is 6.61 Å². The first-order chi connectivity index (χ1) is 13.5. The number of ether oxygens (including phenoxy) is 1. The van der Waals surface area contributed by atoms with Gasteiger partial charge in [0.1, 0.15) is 11.4 Å². The number of ketones is 2. The quantitative estimate of drug-likeness (QED) is 0.788. The molecule has 142 valence electrons. The third kappa shape index (κ3) is 3.35. The normalized spacial score (nSPS) is 13.0. The summed E-state index contributed by atoms with van der Waals surface area (Å²) in [5.74, 6) is -1.96. The average Bonchev–Trinajstić information content (AvgIpc) is 2.72. The van der Waals surface area contributed by atoms with Crippen molar-refractivity contribution in [3.05, 3.63) is 82.7 Å². The van der Waals surface area contributed by atoms with Crippen molar-refractivity contribution in [1.29, 1.82) is 0 Å². The number of benzene rings is 2. The molecule has 0 spiro atoms. The zero-order valence-corrected chi connectivity index (χ0v) is 15.0. The number of nitrogens with two attached hydrogens (primary N) is 1. The summed E-state index contributed by atoms with van der Waals surface area (Å²) in [6.45, 7) is 1.55.